The van der Waals surface area contributed by atoms with Gasteiger partial charge in [0.05, 0.1) is 5.69 Å². The highest BCUT2D eigenvalue weighted by molar-refractivity contribution is 6.05. The van der Waals surface area contributed by atoms with Crippen LogP contribution in [0, 0.1) is 5.82 Å². The standard InChI is InChI=1S/C28H25FN4O3/c29-21-4-1-18(2-5-21)24-10-12-32(24)15-17-9-11-30-23(13-17)19-3-6-22-20(14-19)16-33(28(22)36)25-7-8-26(34)31-27(25)35/h1-6,9,11,13-14,24-25H,7-8,10,12,15-16H2,(H,31,34,35). The van der Waals surface area contributed by atoms with Gasteiger partial charge in [0.2, 0.25) is 11.8 Å². The quantitative estimate of drug-likeness (QED) is 0.560. The van der Waals surface area contributed by atoms with Crippen LogP contribution in [0.4, 0.5) is 4.39 Å². The molecule has 7 nitrogen and oxygen atoms in total. The first-order chi connectivity index (χ1) is 17.5. The number of nitrogens with zero attached hydrogens (tertiary/aromatic N) is 3. The average Bonchev–Trinajstić information content (AvgIpc) is 3.19. The Kier molecular flexibility index (Phi) is 5.60. The second-order valence-electron chi connectivity index (χ2n) is 9.65. The van der Waals surface area contributed by atoms with E-state index in [1.54, 1.807) is 17.2 Å². The summed E-state index contributed by atoms with van der Waals surface area (Å²) >= 11 is 0. The lowest BCUT2D eigenvalue weighted by molar-refractivity contribution is -0.136. The molecule has 8 heteroatoms. The van der Waals surface area contributed by atoms with Crippen LogP contribution in [-0.2, 0) is 22.7 Å². The molecule has 1 N–H and O–H groups in total. The van der Waals surface area contributed by atoms with Crippen molar-refractivity contribution in [2.45, 2.75) is 44.4 Å². The van der Waals surface area contributed by atoms with Crippen LogP contribution in [0.3, 0.4) is 0 Å². The molecule has 6 rings (SSSR count). The molecule has 2 fully saturated rings. The van der Waals surface area contributed by atoms with Gasteiger partial charge in [0.15, 0.2) is 0 Å². The Balaban J connectivity index is 1.18. The summed E-state index contributed by atoms with van der Waals surface area (Å²) in [6, 6.07) is 16.1. The Bertz CT molecular complexity index is 1370. The van der Waals surface area contributed by atoms with Gasteiger partial charge in [0, 0.05) is 49.4 Å². The smallest absolute Gasteiger partial charge is 0.255 e. The van der Waals surface area contributed by atoms with Crippen LogP contribution < -0.4 is 5.32 Å². The highest BCUT2D eigenvalue weighted by atomic mass is 19.1. The number of rotatable bonds is 5. The van der Waals surface area contributed by atoms with E-state index in [2.05, 4.69) is 21.3 Å². The van der Waals surface area contributed by atoms with Gasteiger partial charge in [0.1, 0.15) is 11.9 Å². The molecule has 0 bridgehead atoms. The van der Waals surface area contributed by atoms with E-state index in [9.17, 15) is 18.8 Å². The van der Waals surface area contributed by atoms with Gasteiger partial charge in [-0.05, 0) is 65.9 Å². The molecule has 182 valence electrons. The number of fused-ring (bicyclic) bond motifs is 1. The maximum atomic E-state index is 13.3. The van der Waals surface area contributed by atoms with E-state index >= 15 is 0 Å². The fourth-order valence-electron chi connectivity index (χ4n) is 5.39. The number of benzene rings is 2. The third kappa shape index (κ3) is 4.07. The third-order valence-electron chi connectivity index (χ3n) is 7.41. The predicted molar refractivity (Wildman–Crippen MR) is 130 cm³/mol. The Morgan fingerprint density at radius 2 is 1.81 bits per heavy atom. The molecule has 2 unspecified atom stereocenters. The van der Waals surface area contributed by atoms with Crippen LogP contribution in [0.1, 0.15) is 52.4 Å². The molecular formula is C28H25FN4O3. The number of piperidine rings is 1. The van der Waals surface area contributed by atoms with Crippen LogP contribution in [0.25, 0.3) is 11.3 Å². The van der Waals surface area contributed by atoms with Crippen molar-refractivity contribution in [3.63, 3.8) is 0 Å². The van der Waals surface area contributed by atoms with Crippen molar-refractivity contribution in [3.8, 4) is 11.3 Å². The van der Waals surface area contributed by atoms with E-state index in [1.807, 2.05) is 30.3 Å². The normalized spacial score (nSPS) is 21.8. The number of imide groups is 1. The van der Waals surface area contributed by atoms with Crippen molar-refractivity contribution < 1.29 is 18.8 Å². The van der Waals surface area contributed by atoms with Gasteiger partial charge >= 0.3 is 0 Å². The molecule has 1 aromatic heterocycles. The molecule has 2 aromatic carbocycles. The molecule has 36 heavy (non-hydrogen) atoms. The summed E-state index contributed by atoms with van der Waals surface area (Å²) in [5.41, 5.74) is 5.43. The Morgan fingerprint density at radius 3 is 2.56 bits per heavy atom. The molecule has 3 aromatic rings. The number of likely N-dealkylation sites (tertiary alicyclic amines) is 1. The second kappa shape index (κ2) is 8.95. The van der Waals surface area contributed by atoms with E-state index in [0.717, 1.165) is 47.5 Å². The number of pyridine rings is 1. The summed E-state index contributed by atoms with van der Waals surface area (Å²) in [6.45, 7) is 2.09. The van der Waals surface area contributed by atoms with Crippen LogP contribution in [0.2, 0.25) is 0 Å². The lowest BCUT2D eigenvalue weighted by atomic mass is 9.94. The molecule has 3 amide bonds. The first-order valence-electron chi connectivity index (χ1n) is 12.2. The molecule has 3 aliphatic heterocycles. The SMILES string of the molecule is O=C1CCC(N2Cc3cc(-c4cc(CN5CCC5c5ccc(F)cc5)ccn4)ccc3C2=O)C(=O)N1. The molecule has 0 spiro atoms. The minimum absolute atomic E-state index is 0.183. The van der Waals surface area contributed by atoms with Crippen LogP contribution in [0.15, 0.2) is 60.8 Å². The molecule has 0 radical (unpaired) electrons. The summed E-state index contributed by atoms with van der Waals surface area (Å²) in [5, 5.41) is 2.34. The van der Waals surface area contributed by atoms with Gasteiger partial charge in [-0.15, -0.1) is 0 Å². The Morgan fingerprint density at radius 1 is 0.972 bits per heavy atom. The summed E-state index contributed by atoms with van der Waals surface area (Å²) in [7, 11) is 0. The maximum Gasteiger partial charge on any atom is 0.255 e. The van der Waals surface area contributed by atoms with Crippen molar-refractivity contribution in [1.29, 1.82) is 0 Å². The number of carbonyl (C=O) groups excluding carboxylic acids is 3. The Hall–Kier alpha value is -3.91. The van der Waals surface area contributed by atoms with Crippen molar-refractivity contribution in [3.05, 3.63) is 88.9 Å². The van der Waals surface area contributed by atoms with Gasteiger partial charge in [-0.25, -0.2) is 4.39 Å². The highest BCUT2D eigenvalue weighted by Gasteiger charge is 2.39. The molecule has 0 aliphatic carbocycles. The minimum atomic E-state index is -0.627. The second-order valence-corrected chi connectivity index (χ2v) is 9.65. The van der Waals surface area contributed by atoms with Crippen molar-refractivity contribution in [2.75, 3.05) is 6.54 Å². The third-order valence-corrected chi connectivity index (χ3v) is 7.41. The number of amides is 3. The number of hydrogen-bond donors (Lipinski definition) is 1. The summed E-state index contributed by atoms with van der Waals surface area (Å²) < 4.78 is 13.3. The van der Waals surface area contributed by atoms with Crippen molar-refractivity contribution in [1.82, 2.24) is 20.1 Å². The summed E-state index contributed by atoms with van der Waals surface area (Å²) in [6.07, 6.45) is 3.42. The number of carbonyl (C=O) groups is 3. The predicted octanol–water partition coefficient (Wildman–Crippen LogP) is 3.60. The van der Waals surface area contributed by atoms with Crippen LogP contribution in [-0.4, -0.2) is 45.1 Å². The number of aromatic nitrogens is 1. The molecule has 3 aliphatic rings. The van der Waals surface area contributed by atoms with Gasteiger partial charge in [-0.2, -0.15) is 0 Å². The molecule has 4 heterocycles. The first kappa shape index (κ1) is 22.5. The molecule has 2 saturated heterocycles. The van der Waals surface area contributed by atoms with Crippen molar-refractivity contribution >= 4 is 17.7 Å². The number of nitrogens with one attached hydrogen (secondary N) is 1. The lowest BCUT2D eigenvalue weighted by Gasteiger charge is -2.41. The largest absolute Gasteiger partial charge is 0.322 e. The van der Waals surface area contributed by atoms with Gasteiger partial charge in [-0.1, -0.05) is 18.2 Å². The topological polar surface area (TPSA) is 82.6 Å². The Labute approximate surface area is 207 Å². The molecule has 0 saturated carbocycles. The van der Waals surface area contributed by atoms with Crippen molar-refractivity contribution in [2.24, 2.45) is 0 Å². The zero-order chi connectivity index (χ0) is 24.8. The van der Waals surface area contributed by atoms with E-state index < -0.39 is 11.9 Å². The van der Waals surface area contributed by atoms with E-state index in [-0.39, 0.29) is 30.1 Å². The lowest BCUT2D eigenvalue weighted by Crippen LogP contribution is -2.52. The summed E-state index contributed by atoms with van der Waals surface area (Å²) in [4.78, 5) is 45.3. The monoisotopic (exact) mass is 484 g/mol. The number of halogens is 1. The van der Waals surface area contributed by atoms with Crippen LogP contribution in [0.5, 0.6) is 0 Å². The van der Waals surface area contributed by atoms with Gasteiger partial charge in [-0.3, -0.25) is 29.6 Å². The van der Waals surface area contributed by atoms with Crippen LogP contribution >= 0.6 is 0 Å². The van der Waals surface area contributed by atoms with E-state index in [4.69, 9.17) is 0 Å². The van der Waals surface area contributed by atoms with E-state index in [1.165, 1.54) is 12.1 Å². The number of hydrogen-bond acceptors (Lipinski definition) is 5. The van der Waals surface area contributed by atoms with Gasteiger partial charge in [0.25, 0.3) is 5.91 Å². The average molecular weight is 485 g/mol. The maximum absolute atomic E-state index is 13.3. The fourth-order valence-corrected chi connectivity index (χ4v) is 5.39. The first-order valence-corrected chi connectivity index (χ1v) is 12.2. The zero-order valence-corrected chi connectivity index (χ0v) is 19.6. The molecule has 2 atom stereocenters. The summed E-state index contributed by atoms with van der Waals surface area (Å²) in [5.74, 6) is -1.11. The van der Waals surface area contributed by atoms with E-state index in [0.29, 0.717) is 18.5 Å². The fraction of sp³-hybridized carbons (Fsp3) is 0.286. The highest BCUT2D eigenvalue weighted by Crippen LogP contribution is 2.35. The minimum Gasteiger partial charge on any atom is -0.322 e. The molecular weight excluding hydrogens is 459 g/mol. The van der Waals surface area contributed by atoms with Gasteiger partial charge < -0.3 is 4.90 Å². The zero-order valence-electron chi connectivity index (χ0n) is 19.6.